The summed E-state index contributed by atoms with van der Waals surface area (Å²) in [5.41, 5.74) is 1.56. The number of hydrogen-bond acceptors (Lipinski definition) is 6. The van der Waals surface area contributed by atoms with Crippen LogP contribution in [-0.4, -0.2) is 34.0 Å². The van der Waals surface area contributed by atoms with Crippen LogP contribution in [0.25, 0.3) is 0 Å². The van der Waals surface area contributed by atoms with Crippen molar-refractivity contribution in [2.24, 2.45) is 0 Å². The maximum absolute atomic E-state index is 13.8. The first-order chi connectivity index (χ1) is 15.8. The SMILES string of the molecule is CNCC(=O)NCc1cnc(Cn2c(C)cc(OCc3ccc(F)cc3F)c(Br)c2=O)cn1. The lowest BCUT2D eigenvalue weighted by Gasteiger charge is -2.14. The fourth-order valence-corrected chi connectivity index (χ4v) is 3.38. The van der Waals surface area contributed by atoms with Crippen molar-refractivity contribution in [1.29, 1.82) is 0 Å². The zero-order chi connectivity index (χ0) is 24.0. The van der Waals surface area contributed by atoms with Crippen molar-refractivity contribution in [3.63, 3.8) is 0 Å². The Hall–Kier alpha value is -3.18. The molecule has 1 aromatic carbocycles. The van der Waals surface area contributed by atoms with Gasteiger partial charge in [0.15, 0.2) is 0 Å². The van der Waals surface area contributed by atoms with Crippen LogP contribution in [0.3, 0.4) is 0 Å². The average Bonchev–Trinajstić information content (AvgIpc) is 2.79. The Morgan fingerprint density at radius 3 is 2.58 bits per heavy atom. The number of benzene rings is 1. The fourth-order valence-electron chi connectivity index (χ4n) is 2.94. The summed E-state index contributed by atoms with van der Waals surface area (Å²) in [7, 11) is 1.68. The summed E-state index contributed by atoms with van der Waals surface area (Å²) in [6.45, 7) is 2.21. The Kier molecular flexibility index (Phi) is 8.23. The molecular weight excluding hydrogens is 500 g/mol. The topological polar surface area (TPSA) is 98.1 Å². The van der Waals surface area contributed by atoms with Crippen LogP contribution in [0, 0.1) is 18.6 Å². The molecule has 2 N–H and O–H groups in total. The summed E-state index contributed by atoms with van der Waals surface area (Å²) in [6.07, 6.45) is 3.08. The first-order valence-electron chi connectivity index (χ1n) is 9.96. The molecule has 0 bridgehead atoms. The van der Waals surface area contributed by atoms with E-state index >= 15 is 0 Å². The van der Waals surface area contributed by atoms with E-state index in [-0.39, 0.29) is 53.5 Å². The molecule has 2 heterocycles. The van der Waals surface area contributed by atoms with Crippen LogP contribution in [0.5, 0.6) is 5.75 Å². The van der Waals surface area contributed by atoms with Gasteiger partial charge in [-0.3, -0.25) is 19.6 Å². The lowest BCUT2D eigenvalue weighted by molar-refractivity contribution is -0.120. The maximum atomic E-state index is 13.8. The van der Waals surface area contributed by atoms with Gasteiger partial charge in [-0.15, -0.1) is 0 Å². The molecule has 0 atom stereocenters. The number of likely N-dealkylation sites (N-methyl/N-ethyl adjacent to an activating group) is 1. The molecule has 2 aromatic heterocycles. The summed E-state index contributed by atoms with van der Waals surface area (Å²) in [5.74, 6) is -1.30. The Morgan fingerprint density at radius 1 is 1.18 bits per heavy atom. The Morgan fingerprint density at radius 2 is 1.91 bits per heavy atom. The van der Waals surface area contributed by atoms with Gasteiger partial charge in [-0.25, -0.2) is 8.78 Å². The van der Waals surface area contributed by atoms with Gasteiger partial charge in [0.05, 0.1) is 43.4 Å². The monoisotopic (exact) mass is 521 g/mol. The number of nitrogens with zero attached hydrogens (tertiary/aromatic N) is 3. The number of rotatable bonds is 9. The third-order valence-corrected chi connectivity index (χ3v) is 5.43. The molecule has 0 saturated heterocycles. The van der Waals surface area contributed by atoms with E-state index in [9.17, 15) is 18.4 Å². The number of hydrogen-bond donors (Lipinski definition) is 2. The Bertz CT molecular complexity index is 1200. The number of nitrogens with one attached hydrogen (secondary N) is 2. The van der Waals surface area contributed by atoms with E-state index in [0.29, 0.717) is 17.1 Å². The second kappa shape index (κ2) is 11.1. The number of amides is 1. The molecule has 3 aromatic rings. The molecule has 1 amide bonds. The number of ether oxygens (including phenoxy) is 1. The molecule has 8 nitrogen and oxygen atoms in total. The molecular formula is C22H22BrF2N5O3. The van der Waals surface area contributed by atoms with E-state index in [1.807, 2.05) is 0 Å². The third kappa shape index (κ3) is 6.42. The highest BCUT2D eigenvalue weighted by Crippen LogP contribution is 2.24. The maximum Gasteiger partial charge on any atom is 0.269 e. The van der Waals surface area contributed by atoms with Crippen LogP contribution in [0.2, 0.25) is 0 Å². The number of aryl methyl sites for hydroxylation is 1. The summed E-state index contributed by atoms with van der Waals surface area (Å²) in [6, 6.07) is 4.86. The number of halogens is 3. The van der Waals surface area contributed by atoms with Crippen LogP contribution in [0.1, 0.15) is 22.6 Å². The van der Waals surface area contributed by atoms with Gasteiger partial charge in [0, 0.05) is 23.4 Å². The highest BCUT2D eigenvalue weighted by atomic mass is 79.9. The van der Waals surface area contributed by atoms with Gasteiger partial charge < -0.3 is 19.9 Å². The molecule has 11 heteroatoms. The molecule has 0 fully saturated rings. The summed E-state index contributed by atoms with van der Waals surface area (Å²) in [5, 5.41) is 5.47. The minimum absolute atomic E-state index is 0.153. The van der Waals surface area contributed by atoms with Gasteiger partial charge in [0.1, 0.15) is 28.5 Å². The van der Waals surface area contributed by atoms with Crippen molar-refractivity contribution in [2.75, 3.05) is 13.6 Å². The normalized spacial score (nSPS) is 10.8. The quantitative estimate of drug-likeness (QED) is 0.448. The minimum Gasteiger partial charge on any atom is -0.487 e. The van der Waals surface area contributed by atoms with Crippen molar-refractivity contribution >= 4 is 21.8 Å². The molecule has 0 aliphatic heterocycles. The molecule has 0 radical (unpaired) electrons. The Labute approximate surface area is 197 Å². The number of carbonyl (C=O) groups excluding carboxylic acids is 1. The molecule has 0 aliphatic rings. The molecule has 0 spiro atoms. The molecule has 174 valence electrons. The fraction of sp³-hybridized carbons (Fsp3) is 0.273. The zero-order valence-electron chi connectivity index (χ0n) is 18.0. The van der Waals surface area contributed by atoms with Gasteiger partial charge in [0.25, 0.3) is 5.56 Å². The standard InChI is InChI=1S/C22H22BrF2N5O3/c1-13-5-19(33-12-14-3-4-15(24)6-18(14)25)21(23)22(32)30(13)11-17-9-27-16(7-28-17)8-29-20(31)10-26-2/h3-7,9,26H,8,10-12H2,1-2H3,(H,29,31). The summed E-state index contributed by atoms with van der Waals surface area (Å²) < 4.78 is 34.2. The molecule has 0 saturated carbocycles. The second-order valence-electron chi connectivity index (χ2n) is 7.19. The van der Waals surface area contributed by atoms with Crippen molar-refractivity contribution in [2.45, 2.75) is 26.6 Å². The number of pyridine rings is 1. The van der Waals surface area contributed by atoms with Crippen molar-refractivity contribution < 1.29 is 18.3 Å². The van der Waals surface area contributed by atoms with Crippen LogP contribution >= 0.6 is 15.9 Å². The minimum atomic E-state index is -0.722. The van der Waals surface area contributed by atoms with Gasteiger partial charge in [0.2, 0.25) is 5.91 Å². The zero-order valence-corrected chi connectivity index (χ0v) is 19.6. The molecule has 0 unspecified atom stereocenters. The summed E-state index contributed by atoms with van der Waals surface area (Å²) in [4.78, 5) is 33.0. The summed E-state index contributed by atoms with van der Waals surface area (Å²) >= 11 is 3.25. The van der Waals surface area contributed by atoms with Crippen molar-refractivity contribution in [3.8, 4) is 5.75 Å². The van der Waals surface area contributed by atoms with Gasteiger partial charge >= 0.3 is 0 Å². The highest BCUT2D eigenvalue weighted by molar-refractivity contribution is 9.10. The predicted molar refractivity (Wildman–Crippen MR) is 121 cm³/mol. The second-order valence-corrected chi connectivity index (χ2v) is 7.98. The lowest BCUT2D eigenvalue weighted by atomic mass is 10.2. The van der Waals surface area contributed by atoms with Gasteiger partial charge in [-0.05, 0) is 42.0 Å². The number of carbonyl (C=O) groups is 1. The third-order valence-electron chi connectivity index (χ3n) is 4.70. The van der Waals surface area contributed by atoms with Crippen LogP contribution in [-0.2, 0) is 24.5 Å². The van der Waals surface area contributed by atoms with Crippen LogP contribution in [0.15, 0.2) is 45.9 Å². The van der Waals surface area contributed by atoms with E-state index < -0.39 is 11.6 Å². The smallest absolute Gasteiger partial charge is 0.269 e. The first kappa shape index (κ1) is 24.5. The van der Waals surface area contributed by atoms with E-state index in [1.54, 1.807) is 32.4 Å². The predicted octanol–water partition coefficient (Wildman–Crippen LogP) is 2.45. The van der Waals surface area contributed by atoms with Crippen molar-refractivity contribution in [1.82, 2.24) is 25.2 Å². The first-order valence-corrected chi connectivity index (χ1v) is 10.8. The van der Waals surface area contributed by atoms with Crippen molar-refractivity contribution in [3.05, 3.63) is 85.8 Å². The number of aromatic nitrogens is 3. The van der Waals surface area contributed by atoms with Crippen LogP contribution in [0.4, 0.5) is 8.78 Å². The van der Waals surface area contributed by atoms with Gasteiger partial charge in [-0.2, -0.15) is 0 Å². The largest absolute Gasteiger partial charge is 0.487 e. The van der Waals surface area contributed by atoms with Gasteiger partial charge in [-0.1, -0.05) is 0 Å². The molecule has 3 rings (SSSR count). The Balaban J connectivity index is 1.69. The lowest BCUT2D eigenvalue weighted by Crippen LogP contribution is -2.31. The molecule has 0 aliphatic carbocycles. The average molecular weight is 522 g/mol. The molecule has 33 heavy (non-hydrogen) atoms. The highest BCUT2D eigenvalue weighted by Gasteiger charge is 2.14. The van der Waals surface area contributed by atoms with E-state index in [1.165, 1.54) is 10.6 Å². The van der Waals surface area contributed by atoms with E-state index in [2.05, 4.69) is 36.5 Å². The van der Waals surface area contributed by atoms with E-state index in [4.69, 9.17) is 4.74 Å². The van der Waals surface area contributed by atoms with Crippen LogP contribution < -0.4 is 20.9 Å². The van der Waals surface area contributed by atoms with E-state index in [0.717, 1.165) is 12.1 Å².